The summed E-state index contributed by atoms with van der Waals surface area (Å²) in [7, 11) is -0.687. The summed E-state index contributed by atoms with van der Waals surface area (Å²) in [5, 5.41) is 2.90. The highest BCUT2D eigenvalue weighted by Gasteiger charge is 2.20. The molecule has 2 aromatic rings. The number of nitrogens with one attached hydrogen (secondary N) is 1. The van der Waals surface area contributed by atoms with Crippen LogP contribution in [0.4, 0.5) is 11.4 Å². The third-order valence-electron chi connectivity index (χ3n) is 4.28. The number of halogens is 1. The molecular weight excluding hydrogens is 432 g/mol. The minimum absolute atomic E-state index is 0.136. The Bertz CT molecular complexity index is 1020. The van der Waals surface area contributed by atoms with Crippen molar-refractivity contribution < 1.29 is 27.5 Å². The van der Waals surface area contributed by atoms with Gasteiger partial charge in [0.05, 0.1) is 29.6 Å². The highest BCUT2D eigenvalue weighted by atomic mass is 35.5. The van der Waals surface area contributed by atoms with Crippen LogP contribution in [-0.2, 0) is 19.6 Å². The van der Waals surface area contributed by atoms with Crippen LogP contribution in [0.2, 0.25) is 5.02 Å². The molecule has 2 rings (SSSR count). The van der Waals surface area contributed by atoms with Crippen LogP contribution in [0.25, 0.3) is 0 Å². The first-order chi connectivity index (χ1) is 14.1. The molecule has 2 aromatic carbocycles. The second-order valence-corrected chi connectivity index (χ2v) is 8.84. The summed E-state index contributed by atoms with van der Waals surface area (Å²) in [4.78, 5) is 24.4. The average Bonchev–Trinajstić information content (AvgIpc) is 2.71. The molecule has 1 N–H and O–H groups in total. The maximum absolute atomic E-state index is 12.6. The van der Waals surface area contributed by atoms with E-state index >= 15 is 0 Å². The fourth-order valence-corrected chi connectivity index (χ4v) is 3.20. The van der Waals surface area contributed by atoms with Crippen molar-refractivity contribution in [3.63, 3.8) is 0 Å². The third kappa shape index (κ3) is 5.87. The number of carbonyl (C=O) groups is 2. The Labute approximate surface area is 180 Å². The lowest BCUT2D eigenvalue weighted by molar-refractivity contribution is -0.122. The quantitative estimate of drug-likeness (QED) is 0.614. The molecule has 0 aliphatic heterocycles. The Morgan fingerprint density at radius 1 is 1.17 bits per heavy atom. The van der Waals surface area contributed by atoms with Gasteiger partial charge in [-0.3, -0.25) is 9.10 Å². The van der Waals surface area contributed by atoms with E-state index in [0.717, 1.165) is 10.6 Å². The summed E-state index contributed by atoms with van der Waals surface area (Å²) in [5.74, 6) is -0.611. The minimum Gasteiger partial charge on any atom is -0.481 e. The number of anilines is 2. The number of ether oxygens (including phenoxy) is 2. The van der Waals surface area contributed by atoms with Crippen molar-refractivity contribution in [3.8, 4) is 5.75 Å². The van der Waals surface area contributed by atoms with E-state index in [9.17, 15) is 18.0 Å². The predicted molar refractivity (Wildman–Crippen MR) is 116 cm³/mol. The summed E-state index contributed by atoms with van der Waals surface area (Å²) >= 11 is 5.99. The first-order valence-corrected chi connectivity index (χ1v) is 11.2. The molecule has 1 amide bonds. The van der Waals surface area contributed by atoms with E-state index in [1.165, 1.54) is 26.3 Å². The number of nitrogens with zero attached hydrogens (tertiary/aromatic N) is 1. The zero-order chi connectivity index (χ0) is 22.5. The van der Waals surface area contributed by atoms with Crippen molar-refractivity contribution in [1.29, 1.82) is 0 Å². The molecule has 1 atom stereocenters. The maximum atomic E-state index is 12.6. The molecule has 0 fully saturated rings. The molecule has 0 aliphatic rings. The van der Waals surface area contributed by atoms with Gasteiger partial charge in [0.1, 0.15) is 5.75 Å². The first kappa shape index (κ1) is 23.5. The Hall–Kier alpha value is -2.78. The van der Waals surface area contributed by atoms with E-state index in [1.54, 1.807) is 37.3 Å². The van der Waals surface area contributed by atoms with Crippen molar-refractivity contribution in [3.05, 3.63) is 53.1 Å². The lowest BCUT2D eigenvalue weighted by Crippen LogP contribution is -2.32. The third-order valence-corrected chi connectivity index (χ3v) is 5.81. The first-order valence-electron chi connectivity index (χ1n) is 8.96. The van der Waals surface area contributed by atoms with E-state index in [2.05, 4.69) is 10.1 Å². The Morgan fingerprint density at radius 3 is 2.33 bits per heavy atom. The minimum atomic E-state index is -3.37. The number of sulfonamides is 1. The van der Waals surface area contributed by atoms with Gasteiger partial charge in [0, 0.05) is 12.7 Å². The van der Waals surface area contributed by atoms with Gasteiger partial charge in [-0.05, 0) is 48.9 Å². The molecule has 0 heterocycles. The van der Waals surface area contributed by atoms with Crippen LogP contribution in [0.5, 0.6) is 5.75 Å². The monoisotopic (exact) mass is 454 g/mol. The number of hydrogen-bond acceptors (Lipinski definition) is 6. The number of benzene rings is 2. The van der Waals surface area contributed by atoms with E-state index < -0.39 is 28.0 Å². The van der Waals surface area contributed by atoms with Gasteiger partial charge in [0.2, 0.25) is 10.0 Å². The van der Waals surface area contributed by atoms with Crippen LogP contribution in [0, 0.1) is 0 Å². The number of hydrogen-bond donors (Lipinski definition) is 1. The summed E-state index contributed by atoms with van der Waals surface area (Å²) in [6.45, 7) is 1.79. The number of carbonyl (C=O) groups excluding carboxylic acids is 2. The van der Waals surface area contributed by atoms with Crippen LogP contribution in [0.15, 0.2) is 42.5 Å². The van der Waals surface area contributed by atoms with E-state index in [-0.39, 0.29) is 10.6 Å². The van der Waals surface area contributed by atoms with Gasteiger partial charge in [0.15, 0.2) is 6.10 Å². The smallest absolute Gasteiger partial charge is 0.339 e. The van der Waals surface area contributed by atoms with Crippen molar-refractivity contribution in [2.24, 2.45) is 0 Å². The lowest BCUT2D eigenvalue weighted by atomic mass is 10.2. The molecule has 8 nitrogen and oxygen atoms in total. The standard InChI is InChI=1S/C20H23ClN2O6S/c1-5-18(29-15-9-7-14(8-10-15)23(2)30(4,26)27)19(24)22-13-6-11-17(21)16(12-13)20(25)28-3/h6-12,18H,5H2,1-4H3,(H,22,24)/t18-/m1/s1. The SMILES string of the molecule is CC[C@@H](Oc1ccc(N(C)S(C)(=O)=O)cc1)C(=O)Nc1ccc(Cl)c(C(=O)OC)c1. The summed E-state index contributed by atoms with van der Waals surface area (Å²) in [6, 6.07) is 10.8. The largest absolute Gasteiger partial charge is 0.481 e. The van der Waals surface area contributed by atoms with Crippen molar-refractivity contribution in [2.45, 2.75) is 19.4 Å². The van der Waals surface area contributed by atoms with Crippen molar-refractivity contribution in [2.75, 3.05) is 30.0 Å². The molecule has 0 saturated carbocycles. The Balaban J connectivity index is 2.11. The Kier molecular flexibility index (Phi) is 7.69. The second-order valence-electron chi connectivity index (χ2n) is 6.41. The average molecular weight is 455 g/mol. The molecule has 0 bridgehead atoms. The predicted octanol–water partition coefficient (Wildman–Crippen LogP) is 3.32. The van der Waals surface area contributed by atoms with Crippen molar-refractivity contribution in [1.82, 2.24) is 0 Å². The molecule has 0 spiro atoms. The van der Waals surface area contributed by atoms with Crippen LogP contribution in [0.3, 0.4) is 0 Å². The molecule has 30 heavy (non-hydrogen) atoms. The van der Waals surface area contributed by atoms with Crippen LogP contribution in [0.1, 0.15) is 23.7 Å². The number of amides is 1. The van der Waals surface area contributed by atoms with Gasteiger partial charge in [-0.1, -0.05) is 18.5 Å². The molecule has 0 aliphatic carbocycles. The molecule has 0 aromatic heterocycles. The van der Waals surface area contributed by atoms with E-state index in [0.29, 0.717) is 23.5 Å². The molecule has 162 valence electrons. The number of esters is 1. The van der Waals surface area contributed by atoms with E-state index in [4.69, 9.17) is 16.3 Å². The highest BCUT2D eigenvalue weighted by Crippen LogP contribution is 2.24. The van der Waals surface area contributed by atoms with Gasteiger partial charge in [0.25, 0.3) is 5.91 Å². The number of methoxy groups -OCH3 is 1. The molecule has 0 saturated heterocycles. The van der Waals surface area contributed by atoms with Gasteiger partial charge in [-0.25, -0.2) is 13.2 Å². The molecule has 0 radical (unpaired) electrons. The fourth-order valence-electron chi connectivity index (χ4n) is 2.50. The van der Waals surface area contributed by atoms with Gasteiger partial charge in [-0.2, -0.15) is 0 Å². The second kappa shape index (κ2) is 9.82. The Morgan fingerprint density at radius 2 is 1.80 bits per heavy atom. The molecule has 0 unspecified atom stereocenters. The van der Waals surface area contributed by atoms with E-state index in [1.807, 2.05) is 0 Å². The van der Waals surface area contributed by atoms with Gasteiger partial charge in [-0.15, -0.1) is 0 Å². The summed E-state index contributed by atoms with van der Waals surface area (Å²) in [5.41, 5.74) is 0.979. The zero-order valence-corrected chi connectivity index (χ0v) is 18.6. The van der Waals surface area contributed by atoms with Crippen LogP contribution >= 0.6 is 11.6 Å². The maximum Gasteiger partial charge on any atom is 0.339 e. The van der Waals surface area contributed by atoms with Crippen LogP contribution < -0.4 is 14.4 Å². The fraction of sp³-hybridized carbons (Fsp3) is 0.300. The summed E-state index contributed by atoms with van der Waals surface area (Å²) in [6.07, 6.45) is 0.687. The van der Waals surface area contributed by atoms with Gasteiger partial charge < -0.3 is 14.8 Å². The topological polar surface area (TPSA) is 102 Å². The highest BCUT2D eigenvalue weighted by molar-refractivity contribution is 7.92. The summed E-state index contributed by atoms with van der Waals surface area (Å²) < 4.78 is 34.8. The lowest BCUT2D eigenvalue weighted by Gasteiger charge is -2.19. The van der Waals surface area contributed by atoms with Crippen molar-refractivity contribution >= 4 is 44.9 Å². The molecule has 10 heteroatoms. The van der Waals surface area contributed by atoms with Crippen LogP contribution in [-0.4, -0.2) is 46.8 Å². The molecular formula is C20H23ClN2O6S. The zero-order valence-electron chi connectivity index (χ0n) is 17.0. The number of rotatable bonds is 8. The normalized spacial score (nSPS) is 12.0. The van der Waals surface area contributed by atoms with Gasteiger partial charge >= 0.3 is 5.97 Å².